The SMILES string of the molecule is Fc1ccc2nc(SCc3ccccc3)sc2c1. The Morgan fingerprint density at radius 3 is 2.78 bits per heavy atom. The summed E-state index contributed by atoms with van der Waals surface area (Å²) < 4.78 is 15.0. The minimum Gasteiger partial charge on any atom is -0.230 e. The summed E-state index contributed by atoms with van der Waals surface area (Å²) in [6, 6.07) is 15.0. The minimum absolute atomic E-state index is 0.203. The van der Waals surface area contributed by atoms with Gasteiger partial charge in [0.15, 0.2) is 4.34 Å². The fourth-order valence-corrected chi connectivity index (χ4v) is 3.71. The van der Waals surface area contributed by atoms with Gasteiger partial charge in [-0.1, -0.05) is 42.1 Å². The van der Waals surface area contributed by atoms with Crippen molar-refractivity contribution < 1.29 is 4.39 Å². The van der Waals surface area contributed by atoms with Crippen LogP contribution < -0.4 is 0 Å². The first kappa shape index (κ1) is 11.7. The van der Waals surface area contributed by atoms with Crippen molar-refractivity contribution >= 4 is 33.3 Å². The van der Waals surface area contributed by atoms with Gasteiger partial charge in [-0.05, 0) is 23.8 Å². The second kappa shape index (κ2) is 5.08. The summed E-state index contributed by atoms with van der Waals surface area (Å²) in [5.41, 5.74) is 2.14. The van der Waals surface area contributed by atoms with Gasteiger partial charge in [-0.2, -0.15) is 0 Å². The Balaban J connectivity index is 1.79. The highest BCUT2D eigenvalue weighted by Crippen LogP contribution is 2.31. The number of benzene rings is 2. The van der Waals surface area contributed by atoms with Gasteiger partial charge in [-0.15, -0.1) is 11.3 Å². The Morgan fingerprint density at radius 1 is 1.11 bits per heavy atom. The van der Waals surface area contributed by atoms with Crippen LogP contribution in [0.4, 0.5) is 4.39 Å². The molecule has 0 amide bonds. The van der Waals surface area contributed by atoms with Crippen LogP contribution in [0.3, 0.4) is 0 Å². The number of thiazole rings is 1. The minimum atomic E-state index is -0.203. The van der Waals surface area contributed by atoms with E-state index < -0.39 is 0 Å². The van der Waals surface area contributed by atoms with Gasteiger partial charge in [0.05, 0.1) is 10.2 Å². The summed E-state index contributed by atoms with van der Waals surface area (Å²) in [5.74, 6) is 0.689. The van der Waals surface area contributed by atoms with Gasteiger partial charge in [-0.25, -0.2) is 9.37 Å². The summed E-state index contributed by atoms with van der Waals surface area (Å²) >= 11 is 3.23. The molecule has 0 atom stereocenters. The number of nitrogens with zero attached hydrogens (tertiary/aromatic N) is 1. The van der Waals surface area contributed by atoms with Crippen molar-refractivity contribution in [3.8, 4) is 0 Å². The molecule has 0 aliphatic heterocycles. The van der Waals surface area contributed by atoms with Crippen LogP contribution in [0.25, 0.3) is 10.2 Å². The molecule has 0 bridgehead atoms. The third kappa shape index (κ3) is 2.54. The van der Waals surface area contributed by atoms with Gasteiger partial charge < -0.3 is 0 Å². The Labute approximate surface area is 113 Å². The van der Waals surface area contributed by atoms with E-state index in [4.69, 9.17) is 0 Å². The highest BCUT2D eigenvalue weighted by atomic mass is 32.2. The van der Waals surface area contributed by atoms with E-state index >= 15 is 0 Å². The Bertz CT molecular complexity index is 664. The second-order valence-electron chi connectivity index (χ2n) is 3.87. The lowest BCUT2D eigenvalue weighted by molar-refractivity contribution is 0.630. The van der Waals surface area contributed by atoms with Crippen LogP contribution in [-0.4, -0.2) is 4.98 Å². The van der Waals surface area contributed by atoms with E-state index in [2.05, 4.69) is 17.1 Å². The maximum Gasteiger partial charge on any atom is 0.151 e. The van der Waals surface area contributed by atoms with Gasteiger partial charge in [-0.3, -0.25) is 0 Å². The molecule has 3 aromatic rings. The number of thioether (sulfide) groups is 1. The van der Waals surface area contributed by atoms with Gasteiger partial charge in [0.1, 0.15) is 5.82 Å². The molecule has 3 rings (SSSR count). The predicted octanol–water partition coefficient (Wildman–Crippen LogP) is 4.73. The van der Waals surface area contributed by atoms with Crippen LogP contribution in [0.2, 0.25) is 0 Å². The standard InChI is InChI=1S/C14H10FNS2/c15-11-6-7-12-13(8-11)18-14(16-12)17-9-10-4-2-1-3-5-10/h1-8H,9H2. The number of hydrogen-bond acceptors (Lipinski definition) is 3. The molecule has 0 aliphatic carbocycles. The van der Waals surface area contributed by atoms with Crippen molar-refractivity contribution in [3.05, 3.63) is 59.9 Å². The van der Waals surface area contributed by atoms with Crippen molar-refractivity contribution in [1.29, 1.82) is 0 Å². The molecule has 0 spiro atoms. The highest BCUT2D eigenvalue weighted by Gasteiger charge is 2.05. The van der Waals surface area contributed by atoms with Crippen molar-refractivity contribution in [3.63, 3.8) is 0 Å². The smallest absolute Gasteiger partial charge is 0.151 e. The lowest BCUT2D eigenvalue weighted by Gasteiger charge is -1.97. The Morgan fingerprint density at radius 2 is 1.94 bits per heavy atom. The third-order valence-electron chi connectivity index (χ3n) is 2.54. The van der Waals surface area contributed by atoms with E-state index in [1.165, 1.54) is 11.6 Å². The summed E-state index contributed by atoms with van der Waals surface area (Å²) in [4.78, 5) is 4.48. The van der Waals surface area contributed by atoms with Crippen LogP contribution in [0.1, 0.15) is 5.56 Å². The number of hydrogen-bond donors (Lipinski definition) is 0. The monoisotopic (exact) mass is 275 g/mol. The van der Waals surface area contributed by atoms with Crippen LogP contribution in [0.15, 0.2) is 52.9 Å². The molecule has 2 aromatic carbocycles. The first-order valence-corrected chi connectivity index (χ1v) is 7.34. The lowest BCUT2D eigenvalue weighted by atomic mass is 10.2. The fourth-order valence-electron chi connectivity index (χ4n) is 1.66. The molecule has 0 aliphatic rings. The van der Waals surface area contributed by atoms with E-state index in [0.717, 1.165) is 20.3 Å². The van der Waals surface area contributed by atoms with Gasteiger partial charge in [0.2, 0.25) is 0 Å². The zero-order valence-corrected chi connectivity index (χ0v) is 11.1. The van der Waals surface area contributed by atoms with Crippen molar-refractivity contribution in [1.82, 2.24) is 4.98 Å². The molecule has 18 heavy (non-hydrogen) atoms. The number of rotatable bonds is 3. The van der Waals surface area contributed by atoms with Crippen LogP contribution >= 0.6 is 23.1 Å². The van der Waals surface area contributed by atoms with E-state index in [-0.39, 0.29) is 5.82 Å². The topological polar surface area (TPSA) is 12.9 Å². The number of fused-ring (bicyclic) bond motifs is 1. The zero-order chi connectivity index (χ0) is 12.4. The highest BCUT2D eigenvalue weighted by molar-refractivity contribution is 8.00. The molecule has 0 radical (unpaired) electrons. The summed E-state index contributed by atoms with van der Waals surface area (Å²) in [6.45, 7) is 0. The maximum absolute atomic E-state index is 13.1. The molecule has 0 saturated carbocycles. The maximum atomic E-state index is 13.1. The van der Waals surface area contributed by atoms with Crippen molar-refractivity contribution in [2.75, 3.05) is 0 Å². The quantitative estimate of drug-likeness (QED) is 0.641. The van der Waals surface area contributed by atoms with Crippen LogP contribution in [0.5, 0.6) is 0 Å². The molecular formula is C14H10FNS2. The van der Waals surface area contributed by atoms with Crippen molar-refractivity contribution in [2.24, 2.45) is 0 Å². The normalized spacial score (nSPS) is 10.9. The molecule has 0 N–H and O–H groups in total. The average Bonchev–Trinajstić information content (AvgIpc) is 2.79. The van der Waals surface area contributed by atoms with E-state index in [0.29, 0.717) is 0 Å². The molecule has 0 fully saturated rings. The first-order chi connectivity index (χ1) is 8.81. The lowest BCUT2D eigenvalue weighted by Crippen LogP contribution is -1.78. The summed E-state index contributed by atoms with van der Waals surface area (Å²) in [6.07, 6.45) is 0. The zero-order valence-electron chi connectivity index (χ0n) is 9.47. The van der Waals surface area contributed by atoms with Crippen LogP contribution in [-0.2, 0) is 5.75 Å². The first-order valence-electron chi connectivity index (χ1n) is 5.54. The molecule has 1 aromatic heterocycles. The van der Waals surface area contributed by atoms with Gasteiger partial charge >= 0.3 is 0 Å². The molecule has 90 valence electrons. The Hall–Kier alpha value is -1.39. The Kier molecular flexibility index (Phi) is 3.30. The molecule has 0 unspecified atom stereocenters. The van der Waals surface area contributed by atoms with E-state index in [1.807, 2.05) is 18.2 Å². The molecular weight excluding hydrogens is 265 g/mol. The molecule has 1 heterocycles. The van der Waals surface area contributed by atoms with Crippen molar-refractivity contribution in [2.45, 2.75) is 10.1 Å². The van der Waals surface area contributed by atoms with E-state index in [1.54, 1.807) is 35.2 Å². The largest absolute Gasteiger partial charge is 0.230 e. The van der Waals surface area contributed by atoms with Crippen LogP contribution in [0, 0.1) is 5.82 Å². The molecule has 0 saturated heterocycles. The third-order valence-corrected chi connectivity index (χ3v) is 4.77. The number of aromatic nitrogens is 1. The number of halogens is 1. The van der Waals surface area contributed by atoms with E-state index in [9.17, 15) is 4.39 Å². The molecule has 4 heteroatoms. The van der Waals surface area contributed by atoms with Gasteiger partial charge in [0.25, 0.3) is 0 Å². The molecule has 1 nitrogen and oxygen atoms in total. The fraction of sp³-hybridized carbons (Fsp3) is 0.0714. The summed E-state index contributed by atoms with van der Waals surface area (Å²) in [5, 5.41) is 0. The average molecular weight is 275 g/mol. The predicted molar refractivity (Wildman–Crippen MR) is 75.6 cm³/mol. The van der Waals surface area contributed by atoms with Gasteiger partial charge in [0, 0.05) is 5.75 Å². The second-order valence-corrected chi connectivity index (χ2v) is 6.12. The summed E-state index contributed by atoms with van der Waals surface area (Å²) in [7, 11) is 0.